The van der Waals surface area contributed by atoms with E-state index in [1.54, 1.807) is 18.9 Å². The number of aliphatic carboxylic acids is 1. The molecule has 1 atom stereocenters. The van der Waals surface area contributed by atoms with Gasteiger partial charge in [-0.1, -0.05) is 6.92 Å². The zero-order valence-corrected chi connectivity index (χ0v) is 10.4. The number of piperidine rings is 1. The maximum Gasteiger partial charge on any atom is 0.319 e. The summed E-state index contributed by atoms with van der Waals surface area (Å²) in [5.41, 5.74) is 5.76. The number of hydrogen-bond acceptors (Lipinski definition) is 3. The standard InChI is InChI=1S/C11H21N3O3/c1-8(10(15)16)7-13(2)11(17)14-5-3-9(12)4-6-14/h8-9H,3-7,12H2,1-2H3,(H,15,16). The number of rotatable bonds is 3. The normalized spacial score (nSPS) is 18.9. The molecular formula is C11H21N3O3. The summed E-state index contributed by atoms with van der Waals surface area (Å²) < 4.78 is 0. The number of nitrogens with two attached hydrogens (primary N) is 1. The highest BCUT2D eigenvalue weighted by Crippen LogP contribution is 2.11. The Morgan fingerprint density at radius 3 is 2.47 bits per heavy atom. The summed E-state index contributed by atoms with van der Waals surface area (Å²) in [5.74, 6) is -1.43. The summed E-state index contributed by atoms with van der Waals surface area (Å²) in [6.07, 6.45) is 1.63. The van der Waals surface area contributed by atoms with Crippen LogP contribution in [0.4, 0.5) is 4.79 Å². The average molecular weight is 243 g/mol. The molecule has 1 aliphatic heterocycles. The van der Waals surface area contributed by atoms with E-state index in [2.05, 4.69) is 0 Å². The van der Waals surface area contributed by atoms with Crippen LogP contribution in [0.1, 0.15) is 19.8 Å². The van der Waals surface area contributed by atoms with Gasteiger partial charge in [0.15, 0.2) is 0 Å². The van der Waals surface area contributed by atoms with Crippen LogP contribution in [0, 0.1) is 5.92 Å². The molecule has 98 valence electrons. The first-order chi connectivity index (χ1) is 7.91. The van der Waals surface area contributed by atoms with Crippen LogP contribution in [0.25, 0.3) is 0 Å². The molecule has 1 rings (SSSR count). The van der Waals surface area contributed by atoms with Gasteiger partial charge in [0.25, 0.3) is 0 Å². The summed E-state index contributed by atoms with van der Waals surface area (Å²) in [7, 11) is 1.64. The third kappa shape index (κ3) is 3.89. The van der Waals surface area contributed by atoms with Crippen molar-refractivity contribution in [2.75, 3.05) is 26.7 Å². The van der Waals surface area contributed by atoms with Crippen molar-refractivity contribution < 1.29 is 14.7 Å². The first-order valence-electron chi connectivity index (χ1n) is 5.90. The van der Waals surface area contributed by atoms with Crippen LogP contribution >= 0.6 is 0 Å². The molecule has 6 nitrogen and oxygen atoms in total. The van der Waals surface area contributed by atoms with E-state index in [1.165, 1.54) is 4.90 Å². The molecule has 0 saturated carbocycles. The van der Waals surface area contributed by atoms with Gasteiger partial charge in [0, 0.05) is 32.7 Å². The van der Waals surface area contributed by atoms with Crippen LogP contribution in [0.3, 0.4) is 0 Å². The second-order valence-electron chi connectivity index (χ2n) is 4.73. The molecule has 1 saturated heterocycles. The van der Waals surface area contributed by atoms with Crippen molar-refractivity contribution in [3.05, 3.63) is 0 Å². The lowest BCUT2D eigenvalue weighted by Crippen LogP contribution is -2.48. The molecule has 0 radical (unpaired) electrons. The zero-order valence-electron chi connectivity index (χ0n) is 10.4. The highest BCUT2D eigenvalue weighted by atomic mass is 16.4. The van der Waals surface area contributed by atoms with Gasteiger partial charge in [-0.15, -0.1) is 0 Å². The van der Waals surface area contributed by atoms with Gasteiger partial charge in [0.1, 0.15) is 0 Å². The molecule has 17 heavy (non-hydrogen) atoms. The first kappa shape index (κ1) is 13.8. The van der Waals surface area contributed by atoms with Crippen LogP contribution in [0.2, 0.25) is 0 Å². The van der Waals surface area contributed by atoms with Crippen LogP contribution in [-0.4, -0.2) is 59.6 Å². The second kappa shape index (κ2) is 5.86. The van der Waals surface area contributed by atoms with Crippen molar-refractivity contribution in [2.45, 2.75) is 25.8 Å². The second-order valence-corrected chi connectivity index (χ2v) is 4.73. The van der Waals surface area contributed by atoms with Gasteiger partial charge >= 0.3 is 12.0 Å². The fraction of sp³-hybridized carbons (Fsp3) is 0.818. The Kier molecular flexibility index (Phi) is 4.74. The molecule has 1 fully saturated rings. The number of likely N-dealkylation sites (tertiary alicyclic amines) is 1. The Bertz CT molecular complexity index is 288. The van der Waals surface area contributed by atoms with E-state index in [9.17, 15) is 9.59 Å². The van der Waals surface area contributed by atoms with Crippen molar-refractivity contribution in [3.8, 4) is 0 Å². The third-order valence-electron chi connectivity index (χ3n) is 3.11. The van der Waals surface area contributed by atoms with E-state index in [-0.39, 0.29) is 18.6 Å². The Hall–Kier alpha value is -1.30. The van der Waals surface area contributed by atoms with Crippen LogP contribution < -0.4 is 5.73 Å². The lowest BCUT2D eigenvalue weighted by atomic mass is 10.1. The van der Waals surface area contributed by atoms with Gasteiger partial charge in [-0.05, 0) is 12.8 Å². The van der Waals surface area contributed by atoms with Crippen molar-refractivity contribution in [3.63, 3.8) is 0 Å². The number of urea groups is 1. The third-order valence-corrected chi connectivity index (χ3v) is 3.11. The number of carboxylic acids is 1. The number of nitrogens with zero attached hydrogens (tertiary/aromatic N) is 2. The van der Waals surface area contributed by atoms with E-state index < -0.39 is 11.9 Å². The Labute approximate surface area is 101 Å². The van der Waals surface area contributed by atoms with E-state index in [1.807, 2.05) is 0 Å². The molecule has 6 heteroatoms. The average Bonchev–Trinajstić information content (AvgIpc) is 2.28. The summed E-state index contributed by atoms with van der Waals surface area (Å²) in [6, 6.07) is 0.0762. The quantitative estimate of drug-likeness (QED) is 0.740. The molecule has 0 spiro atoms. The van der Waals surface area contributed by atoms with E-state index in [4.69, 9.17) is 10.8 Å². The predicted molar refractivity (Wildman–Crippen MR) is 63.6 cm³/mol. The number of amides is 2. The fourth-order valence-electron chi connectivity index (χ4n) is 1.90. The van der Waals surface area contributed by atoms with Crippen molar-refractivity contribution in [1.82, 2.24) is 9.80 Å². The smallest absolute Gasteiger partial charge is 0.319 e. The lowest BCUT2D eigenvalue weighted by molar-refractivity contribution is -0.141. The Balaban J connectivity index is 2.43. The van der Waals surface area contributed by atoms with E-state index in [0.717, 1.165) is 12.8 Å². The number of hydrogen-bond donors (Lipinski definition) is 2. The number of carbonyl (C=O) groups excluding carboxylic acids is 1. The van der Waals surface area contributed by atoms with Gasteiger partial charge in [0.2, 0.25) is 0 Å². The summed E-state index contributed by atoms with van der Waals surface area (Å²) in [6.45, 7) is 3.15. The molecule has 1 heterocycles. The van der Waals surface area contributed by atoms with Crippen molar-refractivity contribution >= 4 is 12.0 Å². The summed E-state index contributed by atoms with van der Waals surface area (Å²) >= 11 is 0. The number of carboxylic acid groups (broad SMARTS) is 1. The molecule has 0 bridgehead atoms. The predicted octanol–water partition coefficient (Wildman–Crippen LogP) is 0.182. The molecule has 2 amide bonds. The molecule has 3 N–H and O–H groups in total. The van der Waals surface area contributed by atoms with Crippen molar-refractivity contribution in [2.24, 2.45) is 11.7 Å². The van der Waals surface area contributed by atoms with Gasteiger partial charge in [-0.3, -0.25) is 4.79 Å². The largest absolute Gasteiger partial charge is 0.481 e. The van der Waals surface area contributed by atoms with Gasteiger partial charge in [-0.25, -0.2) is 4.79 Å². The molecular weight excluding hydrogens is 222 g/mol. The maximum atomic E-state index is 12.0. The minimum atomic E-state index is -0.884. The van der Waals surface area contributed by atoms with E-state index >= 15 is 0 Å². The van der Waals surface area contributed by atoms with Crippen molar-refractivity contribution in [1.29, 1.82) is 0 Å². The minimum Gasteiger partial charge on any atom is -0.481 e. The zero-order chi connectivity index (χ0) is 13.0. The molecule has 0 aromatic rings. The van der Waals surface area contributed by atoms with Gasteiger partial charge in [0.05, 0.1) is 5.92 Å². The lowest BCUT2D eigenvalue weighted by Gasteiger charge is -2.33. The van der Waals surface area contributed by atoms with Crippen LogP contribution in [-0.2, 0) is 4.79 Å². The van der Waals surface area contributed by atoms with E-state index in [0.29, 0.717) is 13.1 Å². The molecule has 1 unspecified atom stereocenters. The maximum absolute atomic E-state index is 12.0. The summed E-state index contributed by atoms with van der Waals surface area (Å²) in [5, 5.41) is 8.79. The highest BCUT2D eigenvalue weighted by Gasteiger charge is 2.25. The first-order valence-corrected chi connectivity index (χ1v) is 5.90. The Morgan fingerprint density at radius 1 is 1.47 bits per heavy atom. The number of carbonyl (C=O) groups is 2. The van der Waals surface area contributed by atoms with Gasteiger partial charge in [-0.2, -0.15) is 0 Å². The minimum absolute atomic E-state index is 0.106. The highest BCUT2D eigenvalue weighted by molar-refractivity contribution is 5.76. The summed E-state index contributed by atoms with van der Waals surface area (Å²) in [4.78, 5) is 25.9. The topological polar surface area (TPSA) is 86.9 Å². The SMILES string of the molecule is CC(CN(C)C(=O)N1CCC(N)CC1)C(=O)O. The molecule has 0 aliphatic carbocycles. The van der Waals surface area contributed by atoms with Crippen LogP contribution in [0.5, 0.6) is 0 Å². The Morgan fingerprint density at radius 2 is 2.00 bits per heavy atom. The monoisotopic (exact) mass is 243 g/mol. The molecule has 0 aromatic heterocycles. The molecule has 0 aromatic carbocycles. The fourth-order valence-corrected chi connectivity index (χ4v) is 1.90. The van der Waals surface area contributed by atoms with Gasteiger partial charge < -0.3 is 20.6 Å². The van der Waals surface area contributed by atoms with Crippen LogP contribution in [0.15, 0.2) is 0 Å². The molecule has 1 aliphatic rings.